The minimum absolute atomic E-state index is 0.0784. The Bertz CT molecular complexity index is 972. The first kappa shape index (κ1) is 20.3. The third-order valence-corrected chi connectivity index (χ3v) is 6.66. The molecular weight excluding hydrogens is 402 g/mol. The predicted octanol–water partition coefficient (Wildman–Crippen LogP) is 2.99. The Hall–Kier alpha value is -3.00. The van der Waals surface area contributed by atoms with Crippen LogP contribution in [0.25, 0.3) is 0 Å². The van der Waals surface area contributed by atoms with E-state index in [0.29, 0.717) is 37.4 Å². The molecule has 30 heavy (non-hydrogen) atoms. The quantitative estimate of drug-likeness (QED) is 0.736. The molecule has 2 N–H and O–H groups in total. The third kappa shape index (κ3) is 4.14. The standard InChI is InChI=1S/C22H23N3O4S/c1-29-17-8-4-2-6-15(17)23-20(26)14-10-12-25(13-11-14)22(28)19-21(27)24-16-7-3-5-9-18(16)30-19/h2-9,14,19H,10-13H2,1H3,(H,23,26)(H,24,27)/t19-/m1/s1. The van der Waals surface area contributed by atoms with Gasteiger partial charge in [-0.1, -0.05) is 24.3 Å². The molecule has 2 aliphatic rings. The molecule has 0 spiro atoms. The smallest absolute Gasteiger partial charge is 0.247 e. The summed E-state index contributed by atoms with van der Waals surface area (Å²) in [5, 5.41) is 4.94. The van der Waals surface area contributed by atoms with Crippen LogP contribution < -0.4 is 15.4 Å². The summed E-state index contributed by atoms with van der Waals surface area (Å²) in [5.74, 6) is -0.146. The van der Waals surface area contributed by atoms with Crippen molar-refractivity contribution in [3.05, 3.63) is 48.5 Å². The second kappa shape index (κ2) is 8.79. The van der Waals surface area contributed by atoms with Crippen LogP contribution in [-0.4, -0.2) is 48.1 Å². The summed E-state index contributed by atoms with van der Waals surface area (Å²) in [6.45, 7) is 0.906. The van der Waals surface area contributed by atoms with Crippen LogP contribution in [0.15, 0.2) is 53.4 Å². The van der Waals surface area contributed by atoms with Crippen LogP contribution in [0.4, 0.5) is 11.4 Å². The number of nitrogens with zero attached hydrogens (tertiary/aromatic N) is 1. The molecule has 0 aliphatic carbocycles. The first-order valence-corrected chi connectivity index (χ1v) is 10.7. The van der Waals surface area contributed by atoms with Gasteiger partial charge in [0.1, 0.15) is 5.75 Å². The minimum Gasteiger partial charge on any atom is -0.495 e. The van der Waals surface area contributed by atoms with E-state index in [1.54, 1.807) is 24.1 Å². The van der Waals surface area contributed by atoms with E-state index in [-0.39, 0.29) is 23.6 Å². The van der Waals surface area contributed by atoms with Crippen molar-refractivity contribution in [1.82, 2.24) is 4.90 Å². The first-order chi connectivity index (χ1) is 14.6. The molecule has 3 amide bonds. The molecule has 1 saturated heterocycles. The van der Waals surface area contributed by atoms with Gasteiger partial charge in [-0.15, -0.1) is 11.8 Å². The molecule has 2 aliphatic heterocycles. The van der Waals surface area contributed by atoms with E-state index >= 15 is 0 Å². The summed E-state index contributed by atoms with van der Waals surface area (Å²) < 4.78 is 5.28. The number of fused-ring (bicyclic) bond motifs is 1. The van der Waals surface area contributed by atoms with Gasteiger partial charge in [0.05, 0.1) is 18.5 Å². The first-order valence-electron chi connectivity index (χ1n) is 9.86. The summed E-state index contributed by atoms with van der Waals surface area (Å²) in [4.78, 5) is 40.6. The third-order valence-electron chi connectivity index (χ3n) is 5.39. The van der Waals surface area contributed by atoms with Crippen molar-refractivity contribution in [1.29, 1.82) is 0 Å². The summed E-state index contributed by atoms with van der Waals surface area (Å²) in [5.41, 5.74) is 1.38. The van der Waals surface area contributed by atoms with Crippen LogP contribution in [0.3, 0.4) is 0 Å². The van der Waals surface area contributed by atoms with Crippen LogP contribution in [0.2, 0.25) is 0 Å². The number of amides is 3. The van der Waals surface area contributed by atoms with Crippen LogP contribution in [0, 0.1) is 5.92 Å². The number of rotatable bonds is 4. The fourth-order valence-electron chi connectivity index (χ4n) is 3.72. The van der Waals surface area contributed by atoms with Gasteiger partial charge < -0.3 is 20.3 Å². The highest BCUT2D eigenvalue weighted by atomic mass is 32.2. The Labute approximate surface area is 179 Å². The highest BCUT2D eigenvalue weighted by Gasteiger charge is 2.37. The Morgan fingerprint density at radius 3 is 2.57 bits per heavy atom. The Morgan fingerprint density at radius 2 is 1.80 bits per heavy atom. The number of carbonyl (C=O) groups is 3. The molecule has 0 unspecified atom stereocenters. The number of nitrogens with one attached hydrogen (secondary N) is 2. The molecule has 1 atom stereocenters. The Balaban J connectivity index is 1.35. The largest absolute Gasteiger partial charge is 0.495 e. The normalized spacial score (nSPS) is 18.9. The topological polar surface area (TPSA) is 87.7 Å². The van der Waals surface area contributed by atoms with Crippen molar-refractivity contribution in [2.45, 2.75) is 23.0 Å². The maximum Gasteiger partial charge on any atom is 0.247 e. The number of carbonyl (C=O) groups excluding carboxylic acids is 3. The van der Waals surface area contributed by atoms with Gasteiger partial charge in [0.25, 0.3) is 0 Å². The van der Waals surface area contributed by atoms with Crippen molar-refractivity contribution < 1.29 is 19.1 Å². The number of thioether (sulfide) groups is 1. The lowest BCUT2D eigenvalue weighted by Crippen LogP contribution is -2.48. The fraction of sp³-hybridized carbons (Fsp3) is 0.318. The zero-order valence-electron chi connectivity index (χ0n) is 16.6. The highest BCUT2D eigenvalue weighted by molar-refractivity contribution is 8.01. The van der Waals surface area contributed by atoms with Crippen molar-refractivity contribution in [2.24, 2.45) is 5.92 Å². The van der Waals surface area contributed by atoms with Gasteiger partial charge >= 0.3 is 0 Å². The molecule has 2 aromatic carbocycles. The molecule has 2 aromatic rings. The average Bonchev–Trinajstić information content (AvgIpc) is 2.78. The Morgan fingerprint density at radius 1 is 1.10 bits per heavy atom. The van der Waals surface area contributed by atoms with E-state index in [1.165, 1.54) is 11.8 Å². The monoisotopic (exact) mass is 425 g/mol. The zero-order chi connectivity index (χ0) is 21.1. The van der Waals surface area contributed by atoms with Crippen LogP contribution >= 0.6 is 11.8 Å². The number of benzene rings is 2. The summed E-state index contributed by atoms with van der Waals surface area (Å²) >= 11 is 1.28. The number of likely N-dealkylation sites (tertiary alicyclic amines) is 1. The Kier molecular flexibility index (Phi) is 5.94. The molecular formula is C22H23N3O4S. The number of hydrogen-bond acceptors (Lipinski definition) is 5. The SMILES string of the molecule is COc1ccccc1NC(=O)C1CCN(C(=O)[C@@H]2Sc3ccccc3NC2=O)CC1. The molecule has 0 aromatic heterocycles. The summed E-state index contributed by atoms with van der Waals surface area (Å²) in [6.07, 6.45) is 1.12. The second-order valence-corrected chi connectivity index (χ2v) is 8.42. The number of ether oxygens (including phenoxy) is 1. The second-order valence-electron chi connectivity index (χ2n) is 7.27. The molecule has 0 radical (unpaired) electrons. The van der Waals surface area contributed by atoms with Gasteiger partial charge in [0, 0.05) is 23.9 Å². The number of piperidine rings is 1. The molecule has 2 heterocycles. The molecule has 0 saturated carbocycles. The number of hydrogen-bond donors (Lipinski definition) is 2. The van der Waals surface area contributed by atoms with Crippen molar-refractivity contribution in [2.75, 3.05) is 30.8 Å². The van der Waals surface area contributed by atoms with Gasteiger partial charge in [-0.2, -0.15) is 0 Å². The van der Waals surface area contributed by atoms with Gasteiger partial charge in [-0.25, -0.2) is 0 Å². The fourth-order valence-corrected chi connectivity index (χ4v) is 4.80. The molecule has 4 rings (SSSR count). The minimum atomic E-state index is -0.793. The number of para-hydroxylation sites is 3. The van der Waals surface area contributed by atoms with E-state index in [4.69, 9.17) is 4.74 Å². The van der Waals surface area contributed by atoms with Gasteiger partial charge in [-0.05, 0) is 37.1 Å². The van der Waals surface area contributed by atoms with Gasteiger partial charge in [-0.3, -0.25) is 14.4 Å². The lowest BCUT2D eigenvalue weighted by molar-refractivity contribution is -0.136. The van der Waals surface area contributed by atoms with Crippen LogP contribution in [0.1, 0.15) is 12.8 Å². The number of anilines is 2. The van der Waals surface area contributed by atoms with Crippen LogP contribution in [0.5, 0.6) is 5.75 Å². The van der Waals surface area contributed by atoms with Gasteiger partial charge in [0.15, 0.2) is 5.25 Å². The maximum atomic E-state index is 13.0. The van der Waals surface area contributed by atoms with Crippen molar-refractivity contribution in [3.63, 3.8) is 0 Å². The molecule has 7 nitrogen and oxygen atoms in total. The average molecular weight is 426 g/mol. The zero-order valence-corrected chi connectivity index (χ0v) is 17.4. The van der Waals surface area contributed by atoms with Crippen molar-refractivity contribution in [3.8, 4) is 5.75 Å². The van der Waals surface area contributed by atoms with E-state index in [1.807, 2.05) is 36.4 Å². The summed E-state index contributed by atoms with van der Waals surface area (Å²) in [6, 6.07) is 14.7. The van der Waals surface area contributed by atoms with E-state index in [9.17, 15) is 14.4 Å². The lowest BCUT2D eigenvalue weighted by Gasteiger charge is -2.34. The predicted molar refractivity (Wildman–Crippen MR) is 116 cm³/mol. The van der Waals surface area contributed by atoms with Crippen LogP contribution in [-0.2, 0) is 14.4 Å². The summed E-state index contributed by atoms with van der Waals surface area (Å²) in [7, 11) is 1.56. The van der Waals surface area contributed by atoms with Gasteiger partial charge in [0.2, 0.25) is 17.7 Å². The maximum absolute atomic E-state index is 13.0. The van der Waals surface area contributed by atoms with E-state index in [2.05, 4.69) is 10.6 Å². The highest BCUT2D eigenvalue weighted by Crippen LogP contribution is 2.36. The molecule has 156 valence electrons. The van der Waals surface area contributed by atoms with E-state index < -0.39 is 5.25 Å². The molecule has 0 bridgehead atoms. The van der Waals surface area contributed by atoms with Crippen molar-refractivity contribution >= 4 is 40.9 Å². The number of methoxy groups -OCH3 is 1. The lowest BCUT2D eigenvalue weighted by atomic mass is 9.95. The molecule has 1 fully saturated rings. The van der Waals surface area contributed by atoms with E-state index in [0.717, 1.165) is 10.6 Å². The molecule has 8 heteroatoms.